The maximum atomic E-state index is 6.68. The standard InChI is InChI=1S/C41H39N5O/c1-29-10-9-11-30(26-29)27-45-37-16-7-5-14-35(37)43-40(45)33-18-20-34(21-19-33)47-28-39(31-22-24-42-25-23-31)46-38-17-8-6-15-36(38)44-41(46)32-12-3-2-4-13-32/h2-21,26,31,39,42H,22-25,27-28H2,1H3. The molecule has 0 spiro atoms. The molecule has 3 heterocycles. The minimum Gasteiger partial charge on any atom is -0.491 e. The zero-order valence-corrected chi connectivity index (χ0v) is 26.7. The first-order valence-corrected chi connectivity index (χ1v) is 16.7. The van der Waals surface area contributed by atoms with Crippen LogP contribution >= 0.6 is 0 Å². The number of imidazole rings is 2. The lowest BCUT2D eigenvalue weighted by Gasteiger charge is -2.33. The molecule has 6 nitrogen and oxygen atoms in total. The van der Waals surface area contributed by atoms with E-state index >= 15 is 0 Å². The summed E-state index contributed by atoms with van der Waals surface area (Å²) in [6, 6.07) is 44.7. The van der Waals surface area contributed by atoms with E-state index in [1.807, 2.05) is 0 Å². The average molecular weight is 618 g/mol. The topological polar surface area (TPSA) is 56.9 Å². The minimum absolute atomic E-state index is 0.137. The maximum absolute atomic E-state index is 6.68. The second-order valence-electron chi connectivity index (χ2n) is 12.6. The van der Waals surface area contributed by atoms with Gasteiger partial charge in [0.05, 0.1) is 28.1 Å². The van der Waals surface area contributed by atoms with Crippen LogP contribution in [0.4, 0.5) is 0 Å². The van der Waals surface area contributed by atoms with Gasteiger partial charge in [-0.1, -0.05) is 84.4 Å². The van der Waals surface area contributed by atoms with Gasteiger partial charge in [0, 0.05) is 17.7 Å². The van der Waals surface area contributed by atoms with E-state index in [1.54, 1.807) is 0 Å². The largest absolute Gasteiger partial charge is 0.491 e. The predicted molar refractivity (Wildman–Crippen MR) is 191 cm³/mol. The number of piperidine rings is 1. The molecule has 1 saturated heterocycles. The van der Waals surface area contributed by atoms with Crippen molar-refractivity contribution in [3.63, 3.8) is 0 Å². The number of ether oxygens (including phenoxy) is 1. The second-order valence-corrected chi connectivity index (χ2v) is 12.6. The van der Waals surface area contributed by atoms with Crippen molar-refractivity contribution >= 4 is 22.1 Å². The van der Waals surface area contributed by atoms with Crippen molar-refractivity contribution in [3.8, 4) is 28.5 Å². The first-order chi connectivity index (χ1) is 23.2. The van der Waals surface area contributed by atoms with E-state index in [1.165, 1.54) is 11.1 Å². The number of rotatable bonds is 9. The molecule has 5 aromatic carbocycles. The lowest BCUT2D eigenvalue weighted by molar-refractivity contribution is 0.175. The average Bonchev–Trinajstić information content (AvgIpc) is 3.69. The number of fused-ring (bicyclic) bond motifs is 2. The van der Waals surface area contributed by atoms with E-state index < -0.39 is 0 Å². The van der Waals surface area contributed by atoms with Gasteiger partial charge >= 0.3 is 0 Å². The van der Waals surface area contributed by atoms with Gasteiger partial charge in [-0.15, -0.1) is 0 Å². The van der Waals surface area contributed by atoms with Crippen LogP contribution in [0.1, 0.15) is 30.0 Å². The van der Waals surface area contributed by atoms with Gasteiger partial charge in [-0.3, -0.25) is 0 Å². The molecule has 0 saturated carbocycles. The van der Waals surface area contributed by atoms with Gasteiger partial charge in [0.1, 0.15) is 24.0 Å². The Morgan fingerprint density at radius 3 is 2.13 bits per heavy atom. The molecule has 234 valence electrons. The number of aromatic nitrogens is 4. The Kier molecular flexibility index (Phi) is 8.02. The Bertz CT molecular complexity index is 2120. The van der Waals surface area contributed by atoms with Crippen LogP contribution in [0.2, 0.25) is 0 Å². The first kappa shape index (κ1) is 29.2. The van der Waals surface area contributed by atoms with Crippen molar-refractivity contribution in [1.29, 1.82) is 0 Å². The van der Waals surface area contributed by atoms with Gasteiger partial charge in [-0.25, -0.2) is 9.97 Å². The first-order valence-electron chi connectivity index (χ1n) is 16.7. The van der Waals surface area contributed by atoms with Crippen molar-refractivity contribution < 1.29 is 4.74 Å². The molecule has 1 fully saturated rings. The molecule has 0 radical (unpaired) electrons. The van der Waals surface area contributed by atoms with Gasteiger partial charge in [0.15, 0.2) is 0 Å². The number of hydrogen-bond donors (Lipinski definition) is 1. The number of nitrogens with one attached hydrogen (secondary N) is 1. The Morgan fingerprint density at radius 2 is 1.36 bits per heavy atom. The summed E-state index contributed by atoms with van der Waals surface area (Å²) in [5.41, 5.74) is 9.03. The fourth-order valence-electron chi connectivity index (χ4n) is 7.15. The van der Waals surface area contributed by atoms with Gasteiger partial charge in [0.2, 0.25) is 0 Å². The van der Waals surface area contributed by atoms with Crippen LogP contribution in [0.15, 0.2) is 127 Å². The summed E-state index contributed by atoms with van der Waals surface area (Å²) in [6.45, 7) is 5.51. The van der Waals surface area contributed by atoms with Crippen molar-refractivity contribution in [3.05, 3.63) is 139 Å². The zero-order chi connectivity index (χ0) is 31.6. The third kappa shape index (κ3) is 5.93. The minimum atomic E-state index is 0.137. The van der Waals surface area contributed by atoms with Gasteiger partial charge < -0.3 is 19.2 Å². The number of para-hydroxylation sites is 4. The fourth-order valence-corrected chi connectivity index (χ4v) is 7.15. The normalized spacial score (nSPS) is 14.5. The second kappa shape index (κ2) is 12.9. The van der Waals surface area contributed by atoms with Crippen LogP contribution in [0.5, 0.6) is 5.75 Å². The third-order valence-electron chi connectivity index (χ3n) is 9.50. The highest BCUT2D eigenvalue weighted by Gasteiger charge is 2.30. The van der Waals surface area contributed by atoms with E-state index in [0.717, 1.165) is 83.1 Å². The van der Waals surface area contributed by atoms with Gasteiger partial charge in [-0.05, 0) is 92.9 Å². The molecule has 0 amide bonds. The summed E-state index contributed by atoms with van der Waals surface area (Å²) in [4.78, 5) is 10.2. The van der Waals surface area contributed by atoms with E-state index in [2.05, 4.69) is 149 Å². The highest BCUT2D eigenvalue weighted by molar-refractivity contribution is 5.82. The molecule has 47 heavy (non-hydrogen) atoms. The van der Waals surface area contributed by atoms with Crippen LogP contribution in [-0.4, -0.2) is 38.8 Å². The smallest absolute Gasteiger partial charge is 0.141 e. The molecule has 1 N–H and O–H groups in total. The van der Waals surface area contributed by atoms with Crippen molar-refractivity contribution in [2.45, 2.75) is 32.4 Å². The molecular weight excluding hydrogens is 578 g/mol. The van der Waals surface area contributed by atoms with Gasteiger partial charge in [-0.2, -0.15) is 0 Å². The van der Waals surface area contributed by atoms with E-state index in [-0.39, 0.29) is 6.04 Å². The lowest BCUT2D eigenvalue weighted by atomic mass is 9.90. The lowest BCUT2D eigenvalue weighted by Crippen LogP contribution is -2.35. The molecule has 6 heteroatoms. The number of benzene rings is 5. The Morgan fingerprint density at radius 1 is 0.702 bits per heavy atom. The summed E-state index contributed by atoms with van der Waals surface area (Å²) < 4.78 is 11.4. The molecule has 1 aliphatic heterocycles. The molecule has 1 aliphatic rings. The molecule has 7 aromatic rings. The number of nitrogens with zero attached hydrogens (tertiary/aromatic N) is 4. The zero-order valence-electron chi connectivity index (χ0n) is 26.7. The van der Waals surface area contributed by atoms with Crippen molar-refractivity contribution in [1.82, 2.24) is 24.4 Å². The fraction of sp³-hybridized carbons (Fsp3) is 0.220. The Labute approximate surface area is 275 Å². The summed E-state index contributed by atoms with van der Waals surface area (Å²) in [5, 5.41) is 3.55. The maximum Gasteiger partial charge on any atom is 0.141 e. The summed E-state index contributed by atoms with van der Waals surface area (Å²) in [5.74, 6) is 3.29. The molecule has 1 atom stereocenters. The molecule has 0 aliphatic carbocycles. The monoisotopic (exact) mass is 617 g/mol. The van der Waals surface area contributed by atoms with E-state index in [9.17, 15) is 0 Å². The van der Waals surface area contributed by atoms with Crippen LogP contribution in [0, 0.1) is 12.8 Å². The summed E-state index contributed by atoms with van der Waals surface area (Å²) in [7, 11) is 0. The van der Waals surface area contributed by atoms with Crippen molar-refractivity contribution in [2.75, 3.05) is 19.7 Å². The van der Waals surface area contributed by atoms with Crippen LogP contribution in [-0.2, 0) is 6.54 Å². The predicted octanol–water partition coefficient (Wildman–Crippen LogP) is 8.70. The number of aryl methyl sites for hydroxylation is 1. The van der Waals surface area contributed by atoms with Crippen LogP contribution < -0.4 is 10.1 Å². The Hall–Kier alpha value is -5.20. The molecule has 8 rings (SSSR count). The van der Waals surface area contributed by atoms with Crippen LogP contribution in [0.3, 0.4) is 0 Å². The van der Waals surface area contributed by atoms with Gasteiger partial charge in [0.25, 0.3) is 0 Å². The van der Waals surface area contributed by atoms with Crippen LogP contribution in [0.25, 0.3) is 44.8 Å². The highest BCUT2D eigenvalue weighted by atomic mass is 16.5. The summed E-state index contributed by atoms with van der Waals surface area (Å²) >= 11 is 0. The summed E-state index contributed by atoms with van der Waals surface area (Å²) in [6.07, 6.45) is 2.20. The number of hydrogen-bond acceptors (Lipinski definition) is 4. The van der Waals surface area contributed by atoms with Crippen molar-refractivity contribution in [2.24, 2.45) is 5.92 Å². The highest BCUT2D eigenvalue weighted by Crippen LogP contribution is 2.36. The van der Waals surface area contributed by atoms with E-state index in [4.69, 9.17) is 14.7 Å². The molecule has 2 aromatic heterocycles. The Balaban J connectivity index is 1.11. The molecule has 0 bridgehead atoms. The molecule has 1 unspecified atom stereocenters. The quantitative estimate of drug-likeness (QED) is 0.176. The SMILES string of the molecule is Cc1cccc(Cn2c(-c3ccc(OCC(C4CCNCC4)n4c(-c5ccccc5)nc5ccccc54)cc3)nc3ccccc32)c1. The molecular formula is C41H39N5O. The van der Waals surface area contributed by atoms with E-state index in [0.29, 0.717) is 12.5 Å². The third-order valence-corrected chi connectivity index (χ3v) is 9.50.